The number of carbonyl (C=O) groups is 1. The average molecular weight is 374 g/mol. The Hall–Kier alpha value is -2.86. The Balaban J connectivity index is 1.57. The smallest absolute Gasteiger partial charge is 0.251 e. The molecule has 0 bridgehead atoms. The number of amides is 1. The molecule has 2 aromatic carbocycles. The lowest BCUT2D eigenvalue weighted by molar-refractivity contribution is 0.0955. The number of aromatic nitrogens is 1. The zero-order valence-corrected chi connectivity index (χ0v) is 14.8. The minimum atomic E-state index is -0.466. The Labute approximate surface area is 155 Å². The number of hydrogen-bond donors (Lipinski definition) is 2. The summed E-state index contributed by atoms with van der Waals surface area (Å²) in [6, 6.07) is 11.7. The van der Waals surface area contributed by atoms with Crippen molar-refractivity contribution in [1.29, 1.82) is 0 Å². The fourth-order valence-corrected chi connectivity index (χ4v) is 2.71. The first kappa shape index (κ1) is 17.9. The van der Waals surface area contributed by atoms with E-state index in [-0.39, 0.29) is 11.4 Å². The predicted octanol–water partition coefficient (Wildman–Crippen LogP) is 3.88. The molecule has 26 heavy (non-hydrogen) atoms. The summed E-state index contributed by atoms with van der Waals surface area (Å²) in [6.07, 6.45) is 1.46. The van der Waals surface area contributed by atoms with Crippen LogP contribution in [0.4, 0.5) is 10.1 Å². The first-order valence-corrected chi connectivity index (χ1v) is 8.37. The number of rotatable bonds is 6. The molecule has 0 atom stereocenters. The lowest BCUT2D eigenvalue weighted by Gasteiger charge is -2.11. The average Bonchev–Trinajstić information content (AvgIpc) is 2.67. The molecule has 2 N–H and O–H groups in total. The maximum absolute atomic E-state index is 14.5. The summed E-state index contributed by atoms with van der Waals surface area (Å²) >= 11 is 6.04. The molecule has 1 aromatic heterocycles. The highest BCUT2D eigenvalue weighted by atomic mass is 35.5. The first-order chi connectivity index (χ1) is 12.6. The normalized spacial score (nSPS) is 10.6. The van der Waals surface area contributed by atoms with Crippen LogP contribution in [-0.4, -0.2) is 31.1 Å². The summed E-state index contributed by atoms with van der Waals surface area (Å²) in [6.45, 7) is 0.705. The topological polar surface area (TPSA) is 63.2 Å². The van der Waals surface area contributed by atoms with Crippen molar-refractivity contribution in [3.05, 3.63) is 65.1 Å². The number of hydrogen-bond acceptors (Lipinski definition) is 4. The van der Waals surface area contributed by atoms with Gasteiger partial charge in [0.1, 0.15) is 11.3 Å². The van der Waals surface area contributed by atoms with Crippen LogP contribution in [0.1, 0.15) is 10.4 Å². The third-order valence-electron chi connectivity index (χ3n) is 3.88. The van der Waals surface area contributed by atoms with Crippen molar-refractivity contribution in [3.8, 4) is 5.75 Å². The van der Waals surface area contributed by atoms with Crippen molar-refractivity contribution < 1.29 is 13.9 Å². The van der Waals surface area contributed by atoms with E-state index in [1.807, 2.05) is 0 Å². The fraction of sp³-hybridized carbons (Fsp3) is 0.158. The largest absolute Gasteiger partial charge is 0.497 e. The van der Waals surface area contributed by atoms with E-state index >= 15 is 0 Å². The number of ether oxygens (including phenoxy) is 1. The Bertz CT molecular complexity index is 932. The number of methoxy groups -OCH3 is 1. The van der Waals surface area contributed by atoms with Crippen LogP contribution in [0.5, 0.6) is 5.75 Å². The minimum Gasteiger partial charge on any atom is -0.497 e. The first-order valence-electron chi connectivity index (χ1n) is 7.99. The zero-order chi connectivity index (χ0) is 18.5. The summed E-state index contributed by atoms with van der Waals surface area (Å²) in [4.78, 5) is 16.1. The summed E-state index contributed by atoms with van der Waals surface area (Å²) in [5.74, 6) is 0.0112. The van der Waals surface area contributed by atoms with Gasteiger partial charge in [-0.25, -0.2) is 4.39 Å². The highest BCUT2D eigenvalue weighted by Gasteiger charge is 2.10. The molecule has 3 rings (SSSR count). The van der Waals surface area contributed by atoms with Crippen LogP contribution in [0.3, 0.4) is 0 Å². The lowest BCUT2D eigenvalue weighted by atomic mass is 10.2. The standard InChI is InChI=1S/C19H17ClFN3O2/c1-26-13-4-2-12(3-5-13)19(25)24-11-10-22-16-7-6-14-15(20)8-9-23-18(14)17(16)21/h2-9,22H,10-11H2,1H3,(H,24,25). The Morgan fingerprint density at radius 1 is 1.15 bits per heavy atom. The maximum Gasteiger partial charge on any atom is 0.251 e. The van der Waals surface area contributed by atoms with Gasteiger partial charge in [-0.3, -0.25) is 9.78 Å². The Kier molecular flexibility index (Phi) is 5.53. The van der Waals surface area contributed by atoms with E-state index in [0.29, 0.717) is 40.5 Å². The van der Waals surface area contributed by atoms with Crippen LogP contribution < -0.4 is 15.4 Å². The van der Waals surface area contributed by atoms with Crippen molar-refractivity contribution in [1.82, 2.24) is 10.3 Å². The molecule has 0 aliphatic carbocycles. The van der Waals surface area contributed by atoms with Gasteiger partial charge in [-0.15, -0.1) is 0 Å². The number of benzene rings is 2. The Morgan fingerprint density at radius 2 is 1.92 bits per heavy atom. The van der Waals surface area contributed by atoms with Crippen LogP contribution in [0.25, 0.3) is 10.9 Å². The van der Waals surface area contributed by atoms with Crippen molar-refractivity contribution in [2.24, 2.45) is 0 Å². The predicted molar refractivity (Wildman–Crippen MR) is 101 cm³/mol. The molecule has 0 saturated heterocycles. The van der Waals surface area contributed by atoms with E-state index in [1.165, 1.54) is 6.20 Å². The number of carbonyl (C=O) groups excluding carboxylic acids is 1. The second-order valence-electron chi connectivity index (χ2n) is 5.53. The molecule has 3 aromatic rings. The molecule has 0 saturated carbocycles. The zero-order valence-electron chi connectivity index (χ0n) is 14.1. The fourth-order valence-electron chi connectivity index (χ4n) is 2.50. The monoisotopic (exact) mass is 373 g/mol. The number of nitrogens with one attached hydrogen (secondary N) is 2. The second-order valence-corrected chi connectivity index (χ2v) is 5.93. The van der Waals surface area contributed by atoms with Gasteiger partial charge in [-0.05, 0) is 42.5 Å². The van der Waals surface area contributed by atoms with Gasteiger partial charge in [-0.2, -0.15) is 0 Å². The van der Waals surface area contributed by atoms with E-state index < -0.39 is 5.82 Å². The van der Waals surface area contributed by atoms with E-state index in [4.69, 9.17) is 16.3 Å². The third-order valence-corrected chi connectivity index (χ3v) is 4.21. The van der Waals surface area contributed by atoms with Gasteiger partial charge in [0.2, 0.25) is 0 Å². The SMILES string of the molecule is COc1ccc(C(=O)NCCNc2ccc3c(Cl)ccnc3c2F)cc1. The van der Waals surface area contributed by atoms with Gasteiger partial charge in [0, 0.05) is 30.2 Å². The van der Waals surface area contributed by atoms with Crippen molar-refractivity contribution in [3.63, 3.8) is 0 Å². The van der Waals surface area contributed by atoms with Crippen molar-refractivity contribution in [2.45, 2.75) is 0 Å². The van der Waals surface area contributed by atoms with Crippen molar-refractivity contribution >= 4 is 34.1 Å². The molecule has 7 heteroatoms. The summed E-state index contributed by atoms with van der Waals surface area (Å²) in [7, 11) is 1.57. The number of fused-ring (bicyclic) bond motifs is 1. The van der Waals surface area contributed by atoms with E-state index in [2.05, 4.69) is 15.6 Å². The van der Waals surface area contributed by atoms with E-state index in [0.717, 1.165) is 0 Å². The van der Waals surface area contributed by atoms with Crippen molar-refractivity contribution in [2.75, 3.05) is 25.5 Å². The molecule has 0 fully saturated rings. The minimum absolute atomic E-state index is 0.207. The molecule has 0 spiro atoms. The molecule has 1 amide bonds. The van der Waals surface area contributed by atoms with Crippen LogP contribution in [0, 0.1) is 5.82 Å². The molecule has 0 aliphatic rings. The molecule has 0 radical (unpaired) electrons. The number of halogens is 2. The summed E-state index contributed by atoms with van der Waals surface area (Å²) < 4.78 is 19.5. The van der Waals surface area contributed by atoms with Gasteiger partial charge < -0.3 is 15.4 Å². The number of pyridine rings is 1. The molecule has 5 nitrogen and oxygen atoms in total. The van der Waals surface area contributed by atoms with Crippen LogP contribution >= 0.6 is 11.6 Å². The van der Waals surface area contributed by atoms with Gasteiger partial charge in [0.15, 0.2) is 5.82 Å². The summed E-state index contributed by atoms with van der Waals surface area (Å²) in [5.41, 5.74) is 1.05. The molecule has 0 unspecified atom stereocenters. The highest BCUT2D eigenvalue weighted by molar-refractivity contribution is 6.35. The number of nitrogens with zero attached hydrogens (tertiary/aromatic N) is 1. The molecule has 0 aliphatic heterocycles. The van der Waals surface area contributed by atoms with Gasteiger partial charge in [-0.1, -0.05) is 11.6 Å². The van der Waals surface area contributed by atoms with Gasteiger partial charge in [0.05, 0.1) is 17.8 Å². The van der Waals surface area contributed by atoms with Crippen LogP contribution in [0.2, 0.25) is 5.02 Å². The lowest BCUT2D eigenvalue weighted by Crippen LogP contribution is -2.28. The Morgan fingerprint density at radius 3 is 2.65 bits per heavy atom. The number of anilines is 1. The molecule has 1 heterocycles. The molecular weight excluding hydrogens is 357 g/mol. The van der Waals surface area contributed by atoms with E-state index in [1.54, 1.807) is 49.6 Å². The van der Waals surface area contributed by atoms with Gasteiger partial charge in [0.25, 0.3) is 5.91 Å². The molecule has 134 valence electrons. The quantitative estimate of drug-likeness (QED) is 0.644. The summed E-state index contributed by atoms with van der Waals surface area (Å²) in [5, 5.41) is 6.74. The molecular formula is C19H17ClFN3O2. The second kappa shape index (κ2) is 8.01. The maximum atomic E-state index is 14.5. The van der Waals surface area contributed by atoms with E-state index in [9.17, 15) is 9.18 Å². The van der Waals surface area contributed by atoms with Crippen LogP contribution in [-0.2, 0) is 0 Å². The van der Waals surface area contributed by atoms with Crippen LogP contribution in [0.15, 0.2) is 48.7 Å². The highest BCUT2D eigenvalue weighted by Crippen LogP contribution is 2.27. The van der Waals surface area contributed by atoms with Gasteiger partial charge >= 0.3 is 0 Å². The third kappa shape index (κ3) is 3.86.